The van der Waals surface area contributed by atoms with Gasteiger partial charge in [0.05, 0.1) is 5.92 Å². The number of carbonyl (C=O) groups excluding carboxylic acids is 1. The van der Waals surface area contributed by atoms with Crippen molar-refractivity contribution in [2.45, 2.75) is 19.4 Å². The van der Waals surface area contributed by atoms with E-state index < -0.39 is 0 Å². The fraction of sp³-hybridized carbons (Fsp3) is 0.368. The molecule has 1 N–H and O–H groups in total. The van der Waals surface area contributed by atoms with Crippen molar-refractivity contribution in [3.63, 3.8) is 0 Å². The number of hydrogen-bond acceptors (Lipinski definition) is 3. The van der Waals surface area contributed by atoms with Gasteiger partial charge in [-0.2, -0.15) is 0 Å². The largest absolute Gasteiger partial charge is 0.338 e. The molecule has 2 heterocycles. The monoisotopic (exact) mass is 399 g/mol. The van der Waals surface area contributed by atoms with E-state index in [1.54, 1.807) is 18.3 Å². The molecule has 0 radical (unpaired) electrons. The summed E-state index contributed by atoms with van der Waals surface area (Å²) in [7, 11) is 0. The molecule has 1 aliphatic heterocycles. The van der Waals surface area contributed by atoms with Crippen molar-refractivity contribution in [1.29, 1.82) is 0 Å². The molecule has 1 aromatic carbocycles. The topological polar surface area (TPSA) is 45.2 Å². The molecule has 4 nitrogen and oxygen atoms in total. The standard InChI is InChI=1S/C19H22FN3O.2ClH/c20-17-6-4-15(5-7-17)14-23(19(24)16-8-11-21-13-16)12-9-18-3-1-2-10-22-18;;/h1-7,10,16,21H,8-9,11-14H2;2*1H. The van der Waals surface area contributed by atoms with Gasteiger partial charge in [-0.3, -0.25) is 9.78 Å². The van der Waals surface area contributed by atoms with Gasteiger partial charge in [0.2, 0.25) is 5.91 Å². The van der Waals surface area contributed by atoms with E-state index in [0.29, 0.717) is 19.5 Å². The lowest BCUT2D eigenvalue weighted by atomic mass is 10.1. The quantitative estimate of drug-likeness (QED) is 0.810. The molecular weight excluding hydrogens is 376 g/mol. The highest BCUT2D eigenvalue weighted by Gasteiger charge is 2.27. The highest BCUT2D eigenvalue weighted by Crippen LogP contribution is 2.15. The number of amides is 1. The Hall–Kier alpha value is -1.69. The lowest BCUT2D eigenvalue weighted by Gasteiger charge is -2.25. The van der Waals surface area contributed by atoms with Gasteiger partial charge in [0, 0.05) is 37.9 Å². The Morgan fingerprint density at radius 2 is 1.96 bits per heavy atom. The van der Waals surface area contributed by atoms with Crippen LogP contribution in [0.2, 0.25) is 0 Å². The van der Waals surface area contributed by atoms with Crippen molar-refractivity contribution in [3.05, 3.63) is 65.7 Å². The number of halogens is 3. The first kappa shape index (κ1) is 22.4. The molecule has 1 fully saturated rings. The van der Waals surface area contributed by atoms with Gasteiger partial charge in [-0.25, -0.2) is 4.39 Å². The van der Waals surface area contributed by atoms with Gasteiger partial charge in [-0.05, 0) is 42.8 Å². The van der Waals surface area contributed by atoms with E-state index in [0.717, 1.165) is 30.8 Å². The van der Waals surface area contributed by atoms with Crippen LogP contribution >= 0.6 is 24.8 Å². The number of hydrogen-bond donors (Lipinski definition) is 1. The molecule has 142 valence electrons. The summed E-state index contributed by atoms with van der Waals surface area (Å²) < 4.78 is 13.1. The lowest BCUT2D eigenvalue weighted by molar-refractivity contribution is -0.135. The molecule has 1 aliphatic rings. The minimum atomic E-state index is -0.259. The molecule has 0 bridgehead atoms. The van der Waals surface area contributed by atoms with Crippen LogP contribution in [0.1, 0.15) is 17.7 Å². The van der Waals surface area contributed by atoms with Gasteiger partial charge in [0.1, 0.15) is 5.82 Å². The number of nitrogens with one attached hydrogen (secondary N) is 1. The zero-order valence-electron chi connectivity index (χ0n) is 14.4. The molecule has 1 aromatic heterocycles. The average molecular weight is 400 g/mol. The number of benzene rings is 1. The molecule has 0 spiro atoms. The first-order valence-corrected chi connectivity index (χ1v) is 8.36. The maximum absolute atomic E-state index is 13.1. The van der Waals surface area contributed by atoms with Gasteiger partial charge < -0.3 is 10.2 Å². The van der Waals surface area contributed by atoms with Gasteiger partial charge >= 0.3 is 0 Å². The Labute approximate surface area is 166 Å². The van der Waals surface area contributed by atoms with Crippen LogP contribution in [-0.4, -0.2) is 35.4 Å². The van der Waals surface area contributed by atoms with Crippen molar-refractivity contribution in [2.24, 2.45) is 5.92 Å². The second kappa shape index (κ2) is 11.1. The van der Waals surface area contributed by atoms with Crippen molar-refractivity contribution in [3.8, 4) is 0 Å². The lowest BCUT2D eigenvalue weighted by Crippen LogP contribution is -2.38. The normalized spacial score (nSPS) is 15.7. The van der Waals surface area contributed by atoms with Crippen LogP contribution in [0.5, 0.6) is 0 Å². The first-order valence-electron chi connectivity index (χ1n) is 8.36. The molecule has 26 heavy (non-hydrogen) atoms. The SMILES string of the molecule is Cl.Cl.O=C(C1CCNC1)N(CCc1ccccn1)Cc1ccc(F)cc1. The Balaban J connectivity index is 0.00000169. The van der Waals surface area contributed by atoms with Crippen LogP contribution in [0.3, 0.4) is 0 Å². The second-order valence-electron chi connectivity index (χ2n) is 6.15. The number of aromatic nitrogens is 1. The fourth-order valence-electron chi connectivity index (χ4n) is 3.00. The first-order chi connectivity index (χ1) is 11.7. The van der Waals surface area contributed by atoms with E-state index in [2.05, 4.69) is 10.3 Å². The summed E-state index contributed by atoms with van der Waals surface area (Å²) in [5.41, 5.74) is 1.91. The summed E-state index contributed by atoms with van der Waals surface area (Å²) in [5, 5.41) is 3.24. The predicted molar refractivity (Wildman–Crippen MR) is 105 cm³/mol. The fourth-order valence-corrected chi connectivity index (χ4v) is 3.00. The zero-order valence-corrected chi connectivity index (χ0v) is 16.1. The second-order valence-corrected chi connectivity index (χ2v) is 6.15. The molecule has 0 aliphatic carbocycles. The van der Waals surface area contributed by atoms with Crippen LogP contribution in [0.15, 0.2) is 48.7 Å². The smallest absolute Gasteiger partial charge is 0.227 e. The van der Waals surface area contributed by atoms with Gasteiger partial charge in [-0.1, -0.05) is 18.2 Å². The van der Waals surface area contributed by atoms with Crippen LogP contribution in [0.4, 0.5) is 4.39 Å². The van der Waals surface area contributed by atoms with Gasteiger partial charge in [0.15, 0.2) is 0 Å². The molecule has 3 rings (SSSR count). The summed E-state index contributed by atoms with van der Waals surface area (Å²) in [6.45, 7) is 2.75. The molecule has 1 saturated heterocycles. The van der Waals surface area contributed by atoms with E-state index in [9.17, 15) is 9.18 Å². The Bertz CT molecular complexity index is 664. The maximum Gasteiger partial charge on any atom is 0.227 e. The minimum absolute atomic E-state index is 0. The summed E-state index contributed by atoms with van der Waals surface area (Å²) in [6, 6.07) is 12.2. The predicted octanol–water partition coefficient (Wildman–Crippen LogP) is 3.25. The molecule has 1 atom stereocenters. The number of nitrogens with zero attached hydrogens (tertiary/aromatic N) is 2. The summed E-state index contributed by atoms with van der Waals surface area (Å²) >= 11 is 0. The van der Waals surface area contributed by atoms with Gasteiger partial charge in [0.25, 0.3) is 0 Å². The van der Waals surface area contributed by atoms with Crippen LogP contribution in [-0.2, 0) is 17.8 Å². The Kier molecular flexibility index (Phi) is 9.55. The van der Waals surface area contributed by atoms with E-state index >= 15 is 0 Å². The van der Waals surface area contributed by atoms with Crippen molar-refractivity contribution in [2.75, 3.05) is 19.6 Å². The van der Waals surface area contributed by atoms with Crippen molar-refractivity contribution in [1.82, 2.24) is 15.2 Å². The third-order valence-corrected chi connectivity index (χ3v) is 4.37. The third-order valence-electron chi connectivity index (χ3n) is 4.37. The van der Waals surface area contributed by atoms with E-state index in [1.165, 1.54) is 12.1 Å². The summed E-state index contributed by atoms with van der Waals surface area (Å²) in [4.78, 5) is 19.0. The molecule has 0 saturated carbocycles. The highest BCUT2D eigenvalue weighted by molar-refractivity contribution is 5.85. The molecule has 1 unspecified atom stereocenters. The Morgan fingerprint density at radius 1 is 1.19 bits per heavy atom. The van der Waals surface area contributed by atoms with Crippen molar-refractivity contribution >= 4 is 30.7 Å². The van der Waals surface area contributed by atoms with Crippen molar-refractivity contribution < 1.29 is 9.18 Å². The van der Waals surface area contributed by atoms with Crippen LogP contribution in [0.25, 0.3) is 0 Å². The third kappa shape index (κ3) is 6.24. The Morgan fingerprint density at radius 3 is 2.58 bits per heavy atom. The summed E-state index contributed by atoms with van der Waals surface area (Å²) in [5.74, 6) is -0.0560. The zero-order chi connectivity index (χ0) is 16.8. The molecule has 2 aromatic rings. The average Bonchev–Trinajstić information content (AvgIpc) is 3.15. The maximum atomic E-state index is 13.1. The number of pyridine rings is 1. The van der Waals surface area contributed by atoms with E-state index in [1.807, 2.05) is 23.1 Å². The van der Waals surface area contributed by atoms with Crippen LogP contribution < -0.4 is 5.32 Å². The number of rotatable bonds is 6. The summed E-state index contributed by atoms with van der Waals surface area (Å²) in [6.07, 6.45) is 3.36. The molecule has 1 amide bonds. The minimum Gasteiger partial charge on any atom is -0.338 e. The van der Waals surface area contributed by atoms with E-state index in [4.69, 9.17) is 0 Å². The number of carbonyl (C=O) groups is 1. The molecule has 7 heteroatoms. The van der Waals surface area contributed by atoms with Crippen LogP contribution in [0, 0.1) is 11.7 Å². The highest BCUT2D eigenvalue weighted by atomic mass is 35.5. The van der Waals surface area contributed by atoms with Gasteiger partial charge in [-0.15, -0.1) is 24.8 Å². The van der Waals surface area contributed by atoms with E-state index in [-0.39, 0.29) is 42.5 Å². The molecular formula is C19H24Cl2FN3O.